The summed E-state index contributed by atoms with van der Waals surface area (Å²) >= 11 is 12.3. The molecule has 0 N–H and O–H groups in total. The summed E-state index contributed by atoms with van der Waals surface area (Å²) in [4.78, 5) is 27.1. The third-order valence-corrected chi connectivity index (χ3v) is 5.51. The summed E-state index contributed by atoms with van der Waals surface area (Å²) in [7, 11) is 1.30. The van der Waals surface area contributed by atoms with Gasteiger partial charge in [-0.25, -0.2) is 0 Å². The van der Waals surface area contributed by atoms with Crippen LogP contribution in [0.15, 0.2) is 48.5 Å². The fraction of sp³-hybridized carbons (Fsp3) is 0.391. The molecule has 1 aliphatic heterocycles. The number of amides is 1. The zero-order valence-corrected chi connectivity index (χ0v) is 18.7. The second-order valence-corrected chi connectivity index (χ2v) is 8.63. The lowest BCUT2D eigenvalue weighted by Crippen LogP contribution is -2.52. The Labute approximate surface area is 186 Å². The number of methoxy groups -OCH3 is 1. The zero-order chi connectivity index (χ0) is 21.8. The van der Waals surface area contributed by atoms with Crippen molar-refractivity contribution >= 4 is 35.1 Å². The number of hydrogen-bond acceptors (Lipinski definition) is 4. The molecule has 0 saturated carbocycles. The third kappa shape index (κ3) is 5.15. The van der Waals surface area contributed by atoms with Gasteiger partial charge >= 0.3 is 5.97 Å². The Morgan fingerprint density at radius 3 is 2.40 bits per heavy atom. The Morgan fingerprint density at radius 1 is 1.10 bits per heavy atom. The van der Waals surface area contributed by atoms with E-state index in [4.69, 9.17) is 32.7 Å². The molecular weight excluding hydrogens is 425 g/mol. The first kappa shape index (κ1) is 22.6. The number of benzene rings is 2. The molecule has 0 bridgehead atoms. The normalized spacial score (nSPS) is 21.7. The van der Waals surface area contributed by atoms with Crippen LogP contribution < -0.4 is 0 Å². The van der Waals surface area contributed by atoms with Gasteiger partial charge in [0.25, 0.3) is 5.91 Å². The van der Waals surface area contributed by atoms with Gasteiger partial charge in [-0.2, -0.15) is 0 Å². The van der Waals surface area contributed by atoms with Gasteiger partial charge in [-0.15, -0.1) is 0 Å². The van der Waals surface area contributed by atoms with Crippen LogP contribution in [0.4, 0.5) is 0 Å². The van der Waals surface area contributed by atoms with Crippen molar-refractivity contribution in [1.82, 2.24) is 4.90 Å². The first-order valence-corrected chi connectivity index (χ1v) is 10.6. The van der Waals surface area contributed by atoms with Gasteiger partial charge in [0.1, 0.15) is 12.2 Å². The van der Waals surface area contributed by atoms with E-state index in [-0.39, 0.29) is 24.3 Å². The minimum atomic E-state index is -0.927. The van der Waals surface area contributed by atoms with E-state index in [2.05, 4.69) is 0 Å². The fourth-order valence-corrected chi connectivity index (χ4v) is 4.05. The van der Waals surface area contributed by atoms with Crippen molar-refractivity contribution in [2.24, 2.45) is 5.92 Å². The highest BCUT2D eigenvalue weighted by atomic mass is 35.5. The van der Waals surface area contributed by atoms with E-state index < -0.39 is 18.2 Å². The molecule has 1 fully saturated rings. The molecule has 0 unspecified atom stereocenters. The Bertz CT molecular complexity index is 900. The maximum absolute atomic E-state index is 13.3. The van der Waals surface area contributed by atoms with Gasteiger partial charge in [-0.1, -0.05) is 61.3 Å². The molecule has 1 amide bonds. The molecule has 0 spiro atoms. The SMILES string of the molecule is COC(=O)C[C@@H]1O[C@H](c2cccc(Cl)c2)[C@@H](c2ccc(Cl)cc2)N(CC(C)C)C1=O. The van der Waals surface area contributed by atoms with Crippen LogP contribution in [0.2, 0.25) is 10.0 Å². The quantitative estimate of drug-likeness (QED) is 0.567. The van der Waals surface area contributed by atoms with Crippen molar-refractivity contribution in [3.8, 4) is 0 Å². The zero-order valence-electron chi connectivity index (χ0n) is 17.2. The standard InChI is InChI=1S/C23H25Cl2NO4/c1-14(2)13-26-21(15-7-9-17(24)10-8-15)22(16-5-4-6-18(25)11-16)30-19(23(26)28)12-20(27)29-3/h4-11,14,19,21-22H,12-13H2,1-3H3/t19-,21+,22+/m0/s1. The Hall–Kier alpha value is -2.08. The van der Waals surface area contributed by atoms with Crippen LogP contribution >= 0.6 is 23.2 Å². The molecule has 1 aliphatic rings. The third-order valence-electron chi connectivity index (χ3n) is 5.02. The van der Waals surface area contributed by atoms with E-state index >= 15 is 0 Å². The van der Waals surface area contributed by atoms with Crippen molar-refractivity contribution in [2.45, 2.75) is 38.5 Å². The van der Waals surface area contributed by atoms with Crippen LogP contribution in [0.25, 0.3) is 0 Å². The molecule has 30 heavy (non-hydrogen) atoms. The van der Waals surface area contributed by atoms with E-state index in [1.165, 1.54) is 7.11 Å². The highest BCUT2D eigenvalue weighted by Gasteiger charge is 2.45. The number of nitrogens with zero attached hydrogens (tertiary/aromatic N) is 1. The van der Waals surface area contributed by atoms with Gasteiger partial charge in [0.2, 0.25) is 0 Å². The van der Waals surface area contributed by atoms with Crippen molar-refractivity contribution in [3.05, 3.63) is 69.7 Å². The van der Waals surface area contributed by atoms with Crippen LogP contribution in [0.5, 0.6) is 0 Å². The molecule has 1 saturated heterocycles. The highest BCUT2D eigenvalue weighted by molar-refractivity contribution is 6.30. The summed E-state index contributed by atoms with van der Waals surface area (Å²) in [5, 5.41) is 1.18. The van der Waals surface area contributed by atoms with Gasteiger partial charge in [0.05, 0.1) is 19.6 Å². The molecule has 5 nitrogen and oxygen atoms in total. The van der Waals surface area contributed by atoms with E-state index in [1.54, 1.807) is 23.1 Å². The Balaban J connectivity index is 2.10. The Kier molecular flexibility index (Phi) is 7.40. The average Bonchev–Trinajstić information content (AvgIpc) is 2.71. The van der Waals surface area contributed by atoms with Gasteiger partial charge < -0.3 is 14.4 Å². The van der Waals surface area contributed by atoms with Gasteiger partial charge in [0, 0.05) is 16.6 Å². The van der Waals surface area contributed by atoms with Crippen LogP contribution in [0.3, 0.4) is 0 Å². The molecule has 0 aromatic heterocycles. The Morgan fingerprint density at radius 2 is 1.80 bits per heavy atom. The first-order valence-electron chi connectivity index (χ1n) is 9.83. The first-order chi connectivity index (χ1) is 14.3. The van der Waals surface area contributed by atoms with Gasteiger partial charge in [0.15, 0.2) is 0 Å². The number of carbonyl (C=O) groups is 2. The van der Waals surface area contributed by atoms with E-state index in [0.717, 1.165) is 11.1 Å². The molecule has 2 aromatic rings. The second kappa shape index (κ2) is 9.82. The van der Waals surface area contributed by atoms with Gasteiger partial charge in [-0.05, 0) is 41.3 Å². The smallest absolute Gasteiger partial charge is 0.308 e. The second-order valence-electron chi connectivity index (χ2n) is 7.76. The predicted octanol–water partition coefficient (Wildman–Crippen LogP) is 5.22. The predicted molar refractivity (Wildman–Crippen MR) is 116 cm³/mol. The van der Waals surface area contributed by atoms with Crippen LogP contribution in [0.1, 0.15) is 43.5 Å². The molecule has 7 heteroatoms. The van der Waals surface area contributed by atoms with Crippen molar-refractivity contribution in [3.63, 3.8) is 0 Å². The fourth-order valence-electron chi connectivity index (χ4n) is 3.72. The number of rotatable bonds is 6. The molecular formula is C23H25Cl2NO4. The number of morpholine rings is 1. The maximum Gasteiger partial charge on any atom is 0.308 e. The monoisotopic (exact) mass is 449 g/mol. The molecule has 1 heterocycles. The van der Waals surface area contributed by atoms with E-state index in [9.17, 15) is 9.59 Å². The van der Waals surface area contributed by atoms with Crippen LogP contribution in [0, 0.1) is 5.92 Å². The van der Waals surface area contributed by atoms with E-state index in [0.29, 0.717) is 16.6 Å². The molecule has 3 rings (SSSR count). The number of esters is 1. The summed E-state index contributed by atoms with van der Waals surface area (Å²) < 4.78 is 11.0. The summed E-state index contributed by atoms with van der Waals surface area (Å²) in [5.41, 5.74) is 1.73. The number of carbonyl (C=O) groups excluding carboxylic acids is 2. The van der Waals surface area contributed by atoms with E-state index in [1.807, 2.05) is 44.2 Å². The minimum absolute atomic E-state index is 0.145. The molecule has 0 radical (unpaired) electrons. The lowest BCUT2D eigenvalue weighted by molar-refractivity contribution is -0.180. The number of hydrogen-bond donors (Lipinski definition) is 0. The summed E-state index contributed by atoms with van der Waals surface area (Å²) in [6.45, 7) is 4.61. The molecule has 160 valence electrons. The summed E-state index contributed by atoms with van der Waals surface area (Å²) in [6, 6.07) is 14.4. The summed E-state index contributed by atoms with van der Waals surface area (Å²) in [5.74, 6) is -0.499. The average molecular weight is 450 g/mol. The van der Waals surface area contributed by atoms with Crippen LogP contribution in [-0.2, 0) is 19.1 Å². The highest BCUT2D eigenvalue weighted by Crippen LogP contribution is 2.43. The maximum atomic E-state index is 13.3. The van der Waals surface area contributed by atoms with Crippen molar-refractivity contribution in [2.75, 3.05) is 13.7 Å². The van der Waals surface area contributed by atoms with Crippen molar-refractivity contribution < 1.29 is 19.1 Å². The molecule has 3 atom stereocenters. The molecule has 2 aromatic carbocycles. The number of halogens is 2. The lowest BCUT2D eigenvalue weighted by Gasteiger charge is -2.45. The van der Waals surface area contributed by atoms with Crippen molar-refractivity contribution in [1.29, 1.82) is 0 Å². The van der Waals surface area contributed by atoms with Gasteiger partial charge in [-0.3, -0.25) is 9.59 Å². The van der Waals surface area contributed by atoms with Crippen LogP contribution in [-0.4, -0.2) is 36.5 Å². The number of ether oxygens (including phenoxy) is 2. The molecule has 0 aliphatic carbocycles. The lowest BCUT2D eigenvalue weighted by atomic mass is 9.90. The topological polar surface area (TPSA) is 55.8 Å². The minimum Gasteiger partial charge on any atom is -0.469 e. The summed E-state index contributed by atoms with van der Waals surface area (Å²) in [6.07, 6.45) is -1.58. The largest absolute Gasteiger partial charge is 0.469 e.